The van der Waals surface area contributed by atoms with E-state index in [-0.39, 0.29) is 51.6 Å². The minimum atomic E-state index is -1.42. The molecule has 0 amide bonds. The number of hydrogen-bond acceptors (Lipinski definition) is 9. The average Bonchev–Trinajstić information content (AvgIpc) is 3.42. The van der Waals surface area contributed by atoms with Crippen LogP contribution in [0.25, 0.3) is 0 Å². The van der Waals surface area contributed by atoms with Crippen molar-refractivity contribution in [2.45, 2.75) is 176 Å². The number of allylic oxidation sites excluding steroid dienone is 2. The Morgan fingerprint density at radius 2 is 1.59 bits per heavy atom. The third-order valence-corrected chi connectivity index (χ3v) is 17.4. The molecule has 11 nitrogen and oxygen atoms in total. The number of unbranched alkanes of at least 4 members (excludes halogenated alkanes) is 3. The minimum Gasteiger partial charge on any atom is -0.465 e. The van der Waals surface area contributed by atoms with Gasteiger partial charge in [-0.2, -0.15) is 0 Å². The second kappa shape index (κ2) is 14.8. The molecule has 1 saturated heterocycles. The number of nitrogens with zero attached hydrogens (tertiary/aromatic N) is 2. The smallest absolute Gasteiger partial charge is 0.333 e. The predicted molar refractivity (Wildman–Crippen MR) is 212 cm³/mol. The van der Waals surface area contributed by atoms with Gasteiger partial charge in [0.1, 0.15) is 18.3 Å². The number of hydrogen-bond donors (Lipinski definition) is 4. The Bertz CT molecular complexity index is 1800. The lowest BCUT2D eigenvalue weighted by atomic mass is 9.33. The highest BCUT2D eigenvalue weighted by Crippen LogP contribution is 2.75. The SMILES string of the molecule is CC1(C)CC[C@]2(C(=O)OCCCCCCn3c(=O)ccn([C@@H]4O[C@H](CO)[C@@H](O)[C@H]4O)c3=O)CC[C@]3(C)C(=CC[C@@H]4[C@@]5(C)CC[C@H](O)C(C)(C)C5CC[C@]43C)[C@@H]2C1. The molecule has 6 aliphatic rings. The molecule has 1 aromatic heterocycles. The van der Waals surface area contributed by atoms with Gasteiger partial charge in [-0.1, -0.05) is 66.5 Å². The molecule has 0 spiro atoms. The number of aromatic nitrogens is 2. The number of ether oxygens (including phenoxy) is 2. The molecule has 1 aliphatic heterocycles. The summed E-state index contributed by atoms with van der Waals surface area (Å²) in [6.07, 6.45) is 11.4. The molecule has 1 aromatic rings. The van der Waals surface area contributed by atoms with Crippen LogP contribution in [0.3, 0.4) is 0 Å². The second-order valence-corrected chi connectivity index (χ2v) is 21.0. The first-order valence-electron chi connectivity index (χ1n) is 21.8. The molecule has 5 fully saturated rings. The quantitative estimate of drug-likeness (QED) is 0.129. The van der Waals surface area contributed by atoms with E-state index in [0.29, 0.717) is 31.3 Å². The van der Waals surface area contributed by atoms with E-state index in [4.69, 9.17) is 9.47 Å². The van der Waals surface area contributed by atoms with E-state index in [9.17, 15) is 34.8 Å². The van der Waals surface area contributed by atoms with E-state index in [2.05, 4.69) is 54.5 Å². The third kappa shape index (κ3) is 6.43. The average molecular weight is 783 g/mol. The van der Waals surface area contributed by atoms with E-state index in [1.807, 2.05) is 0 Å². The molecule has 11 heteroatoms. The molecule has 56 heavy (non-hydrogen) atoms. The first-order valence-corrected chi connectivity index (χ1v) is 21.8. The summed E-state index contributed by atoms with van der Waals surface area (Å²) in [6, 6.07) is 1.23. The van der Waals surface area contributed by atoms with Crippen molar-refractivity contribution in [3.8, 4) is 0 Å². The Morgan fingerprint density at radius 1 is 0.875 bits per heavy atom. The minimum absolute atomic E-state index is 0.0168. The highest BCUT2D eigenvalue weighted by Gasteiger charge is 2.69. The number of esters is 1. The van der Waals surface area contributed by atoms with Crippen LogP contribution in [0.2, 0.25) is 0 Å². The zero-order valence-electron chi connectivity index (χ0n) is 35.1. The lowest BCUT2D eigenvalue weighted by Crippen LogP contribution is -2.65. The highest BCUT2D eigenvalue weighted by atomic mass is 16.6. The van der Waals surface area contributed by atoms with Crippen LogP contribution in [-0.4, -0.2) is 73.2 Å². The van der Waals surface area contributed by atoms with Gasteiger partial charge >= 0.3 is 11.7 Å². The number of fused-ring (bicyclic) bond motifs is 7. The molecular weight excluding hydrogens is 712 g/mol. The maximum absolute atomic E-state index is 14.4. The summed E-state index contributed by atoms with van der Waals surface area (Å²) >= 11 is 0. The van der Waals surface area contributed by atoms with E-state index in [1.54, 1.807) is 0 Å². The standard InChI is InChI=1S/C45H70N2O9/c1-40(2)19-21-45(38(53)55-25-11-9-8-10-23-46-34(50)16-24-47(39(46)54)37-36(52)35(51)30(27-48)56-37)22-20-43(6)28(29(45)26-40)12-13-32-42(5)17-15-33(49)41(3,4)31(42)14-18-44(32,43)7/h12,16,24,29-33,35-37,48-49,51-52H,8-11,13-15,17-23,25-27H2,1-7H3/t29-,30+,31?,32+,33-,35+,36+,37+,42-,43+,44+,45-/m0/s1. The fourth-order valence-electron chi connectivity index (χ4n) is 13.7. The molecule has 4 N–H and O–H groups in total. The van der Waals surface area contributed by atoms with Crippen molar-refractivity contribution < 1.29 is 34.7 Å². The van der Waals surface area contributed by atoms with Crippen LogP contribution in [0.4, 0.5) is 0 Å². The molecule has 314 valence electrons. The number of carbonyl (C=O) groups excluding carboxylic acids is 1. The number of aliphatic hydroxyl groups excluding tert-OH is 4. The van der Waals surface area contributed by atoms with Crippen molar-refractivity contribution in [2.24, 2.45) is 50.2 Å². The van der Waals surface area contributed by atoms with Gasteiger partial charge in [-0.3, -0.25) is 18.7 Å². The second-order valence-electron chi connectivity index (χ2n) is 21.0. The molecular formula is C45H70N2O9. The number of rotatable bonds is 10. The summed E-state index contributed by atoms with van der Waals surface area (Å²) in [7, 11) is 0. The Hall–Kier alpha value is -2.31. The van der Waals surface area contributed by atoms with Crippen LogP contribution in [0.15, 0.2) is 33.5 Å². The monoisotopic (exact) mass is 783 g/mol. The Balaban J connectivity index is 0.990. The highest BCUT2D eigenvalue weighted by molar-refractivity contribution is 5.78. The molecule has 4 saturated carbocycles. The van der Waals surface area contributed by atoms with E-state index >= 15 is 0 Å². The predicted octanol–water partition coefficient (Wildman–Crippen LogP) is 5.89. The molecule has 0 radical (unpaired) electrons. The van der Waals surface area contributed by atoms with Crippen LogP contribution in [0.5, 0.6) is 0 Å². The summed E-state index contributed by atoms with van der Waals surface area (Å²) < 4.78 is 13.9. The summed E-state index contributed by atoms with van der Waals surface area (Å²) in [6.45, 7) is 17.0. The van der Waals surface area contributed by atoms with Crippen LogP contribution in [-0.2, 0) is 20.8 Å². The fraction of sp³-hybridized carbons (Fsp3) is 0.844. The first-order chi connectivity index (χ1) is 26.3. The maximum atomic E-state index is 14.4. The summed E-state index contributed by atoms with van der Waals surface area (Å²) in [5.41, 5.74) is 0.310. The zero-order valence-corrected chi connectivity index (χ0v) is 35.1. The van der Waals surface area contributed by atoms with Crippen LogP contribution in [0, 0.1) is 50.2 Å². The number of carbonyl (C=O) groups is 1. The van der Waals surface area contributed by atoms with Gasteiger partial charge in [-0.25, -0.2) is 4.79 Å². The van der Waals surface area contributed by atoms with Crippen LogP contribution in [0.1, 0.15) is 145 Å². The van der Waals surface area contributed by atoms with Gasteiger partial charge in [-0.15, -0.1) is 0 Å². The lowest BCUT2D eigenvalue weighted by Gasteiger charge is -2.71. The molecule has 12 atom stereocenters. The topological polar surface area (TPSA) is 160 Å². The largest absolute Gasteiger partial charge is 0.465 e. The van der Waals surface area contributed by atoms with Crippen LogP contribution >= 0.6 is 0 Å². The van der Waals surface area contributed by atoms with E-state index in [0.717, 1.165) is 86.2 Å². The Morgan fingerprint density at radius 3 is 2.30 bits per heavy atom. The van der Waals surface area contributed by atoms with Gasteiger partial charge in [0.15, 0.2) is 6.23 Å². The Labute approximate surface area is 332 Å². The summed E-state index contributed by atoms with van der Waals surface area (Å²) in [5.74, 6) is 1.19. The Kier molecular flexibility index (Phi) is 11.0. The van der Waals surface area contributed by atoms with Gasteiger partial charge in [0.05, 0.1) is 24.7 Å². The van der Waals surface area contributed by atoms with Crippen molar-refractivity contribution in [2.75, 3.05) is 13.2 Å². The third-order valence-electron chi connectivity index (χ3n) is 17.4. The molecule has 7 rings (SSSR count). The fourth-order valence-corrected chi connectivity index (χ4v) is 13.7. The van der Waals surface area contributed by atoms with Crippen molar-refractivity contribution in [3.05, 3.63) is 44.8 Å². The van der Waals surface area contributed by atoms with Crippen LogP contribution < -0.4 is 11.2 Å². The van der Waals surface area contributed by atoms with Gasteiger partial charge < -0.3 is 29.9 Å². The molecule has 2 heterocycles. The van der Waals surface area contributed by atoms with E-state index < -0.39 is 47.8 Å². The van der Waals surface area contributed by atoms with E-state index in [1.165, 1.54) is 17.8 Å². The van der Waals surface area contributed by atoms with Crippen molar-refractivity contribution in [1.29, 1.82) is 0 Å². The lowest BCUT2D eigenvalue weighted by molar-refractivity contribution is -0.206. The van der Waals surface area contributed by atoms with Gasteiger partial charge in [0.2, 0.25) is 0 Å². The maximum Gasteiger partial charge on any atom is 0.333 e. The zero-order chi connectivity index (χ0) is 40.6. The first kappa shape index (κ1) is 41.8. The van der Waals surface area contributed by atoms with Crippen molar-refractivity contribution >= 4 is 5.97 Å². The van der Waals surface area contributed by atoms with Crippen molar-refractivity contribution in [1.82, 2.24) is 9.13 Å². The summed E-state index contributed by atoms with van der Waals surface area (Å²) in [4.78, 5) is 40.2. The molecule has 5 aliphatic carbocycles. The van der Waals surface area contributed by atoms with Crippen molar-refractivity contribution in [3.63, 3.8) is 0 Å². The molecule has 0 bridgehead atoms. The summed E-state index contributed by atoms with van der Waals surface area (Å²) in [5, 5.41) is 41.1. The normalized spacial score (nSPS) is 42.4. The van der Waals surface area contributed by atoms with Gasteiger partial charge in [0.25, 0.3) is 5.56 Å². The van der Waals surface area contributed by atoms with Gasteiger partial charge in [0, 0.05) is 18.8 Å². The van der Waals surface area contributed by atoms with Gasteiger partial charge in [-0.05, 0) is 128 Å². The molecule has 1 unspecified atom stereocenters. The molecule has 0 aromatic carbocycles. The number of aliphatic hydroxyl groups is 4.